The highest BCUT2D eigenvalue weighted by Crippen LogP contribution is 2.18. The summed E-state index contributed by atoms with van der Waals surface area (Å²) in [5, 5.41) is 0.722. The average molecular weight is 355 g/mol. The number of benzene rings is 2. The molecule has 0 spiro atoms. The van der Waals surface area contributed by atoms with Gasteiger partial charge in [0.25, 0.3) is 0 Å². The first-order chi connectivity index (χ1) is 10.6. The molecule has 0 amide bonds. The van der Waals surface area contributed by atoms with Crippen LogP contribution >= 0.6 is 15.9 Å². The lowest BCUT2D eigenvalue weighted by atomic mass is 10.1. The van der Waals surface area contributed by atoms with E-state index in [2.05, 4.69) is 15.9 Å². The first kappa shape index (κ1) is 14.5. The second kappa shape index (κ2) is 6.12. The molecule has 3 rings (SSSR count). The van der Waals surface area contributed by atoms with Crippen molar-refractivity contribution in [1.29, 1.82) is 0 Å². The monoisotopic (exact) mass is 354 g/mol. The van der Waals surface area contributed by atoms with Crippen LogP contribution in [0.2, 0.25) is 0 Å². The minimum atomic E-state index is -0.625. The lowest BCUT2D eigenvalue weighted by molar-refractivity contribution is 0.104. The van der Waals surface area contributed by atoms with Crippen LogP contribution in [0.3, 0.4) is 0 Å². The first-order valence-electron chi connectivity index (χ1n) is 6.65. The summed E-state index contributed by atoms with van der Waals surface area (Å²) in [5.41, 5.74) is 0.738. The Kier molecular flexibility index (Phi) is 4.02. The highest BCUT2D eigenvalue weighted by atomic mass is 79.9. The number of allylic oxidation sites excluding steroid dienone is 1. The van der Waals surface area contributed by atoms with Gasteiger partial charge in [-0.3, -0.25) is 4.79 Å². The molecule has 108 valence electrons. The third-order valence-electron chi connectivity index (χ3n) is 3.23. The Morgan fingerprint density at radius 3 is 2.59 bits per heavy atom. The van der Waals surface area contributed by atoms with Gasteiger partial charge >= 0.3 is 5.63 Å². The van der Waals surface area contributed by atoms with Crippen LogP contribution in [0.5, 0.6) is 0 Å². The van der Waals surface area contributed by atoms with E-state index in [-0.39, 0.29) is 11.3 Å². The van der Waals surface area contributed by atoms with Crippen molar-refractivity contribution in [3.63, 3.8) is 0 Å². The summed E-state index contributed by atoms with van der Waals surface area (Å²) in [6.07, 6.45) is 3.04. The summed E-state index contributed by atoms with van der Waals surface area (Å²) >= 11 is 3.41. The molecule has 3 aromatic rings. The molecule has 0 N–H and O–H groups in total. The van der Waals surface area contributed by atoms with Crippen molar-refractivity contribution in [1.82, 2.24) is 0 Å². The van der Waals surface area contributed by atoms with E-state index in [4.69, 9.17) is 4.42 Å². The van der Waals surface area contributed by atoms with Crippen molar-refractivity contribution in [2.75, 3.05) is 0 Å². The van der Waals surface area contributed by atoms with E-state index in [9.17, 15) is 9.59 Å². The Labute approximate surface area is 135 Å². The zero-order valence-corrected chi connectivity index (χ0v) is 13.0. The van der Waals surface area contributed by atoms with E-state index in [0.29, 0.717) is 5.58 Å². The fourth-order valence-electron chi connectivity index (χ4n) is 2.10. The normalized spacial score (nSPS) is 11.1. The van der Waals surface area contributed by atoms with Gasteiger partial charge in [0, 0.05) is 9.86 Å². The number of hydrogen-bond acceptors (Lipinski definition) is 3. The largest absolute Gasteiger partial charge is 0.422 e. The molecule has 0 atom stereocenters. The van der Waals surface area contributed by atoms with Crippen LogP contribution in [-0.4, -0.2) is 5.78 Å². The number of ketones is 1. The maximum atomic E-state index is 12.2. The molecule has 0 aliphatic rings. The molecular weight excluding hydrogens is 344 g/mol. The zero-order valence-electron chi connectivity index (χ0n) is 11.5. The molecular formula is C18H11BrO3. The summed E-state index contributed by atoms with van der Waals surface area (Å²) in [6.45, 7) is 0. The molecule has 0 unspecified atom stereocenters. The molecule has 2 aromatic carbocycles. The number of halogens is 1. The van der Waals surface area contributed by atoms with E-state index < -0.39 is 5.63 Å². The number of hydrogen-bond donors (Lipinski definition) is 0. The number of para-hydroxylation sites is 1. The van der Waals surface area contributed by atoms with Gasteiger partial charge in [-0.2, -0.15) is 0 Å². The Balaban J connectivity index is 1.97. The number of carbonyl (C=O) groups excluding carboxylic acids is 1. The SMILES string of the molecule is O=C(/C=C/c1ccccc1Br)c1cc2ccccc2oc1=O. The van der Waals surface area contributed by atoms with Gasteiger partial charge in [0.1, 0.15) is 11.1 Å². The van der Waals surface area contributed by atoms with Gasteiger partial charge in [0.05, 0.1) is 0 Å². The van der Waals surface area contributed by atoms with Crippen LogP contribution in [-0.2, 0) is 0 Å². The van der Waals surface area contributed by atoms with Crippen molar-refractivity contribution < 1.29 is 9.21 Å². The predicted octanol–water partition coefficient (Wildman–Crippen LogP) is 4.45. The fraction of sp³-hybridized carbons (Fsp3) is 0. The summed E-state index contributed by atoms with van der Waals surface area (Å²) in [4.78, 5) is 24.2. The van der Waals surface area contributed by atoms with Crippen LogP contribution in [0, 0.1) is 0 Å². The van der Waals surface area contributed by atoms with Crippen LogP contribution in [0.1, 0.15) is 15.9 Å². The minimum Gasteiger partial charge on any atom is -0.422 e. The predicted molar refractivity (Wildman–Crippen MR) is 90.0 cm³/mol. The molecule has 0 radical (unpaired) electrons. The van der Waals surface area contributed by atoms with Crippen molar-refractivity contribution >= 4 is 38.8 Å². The Bertz CT molecular complexity index is 938. The van der Waals surface area contributed by atoms with Gasteiger partial charge < -0.3 is 4.42 Å². The van der Waals surface area contributed by atoms with E-state index in [1.807, 2.05) is 30.3 Å². The topological polar surface area (TPSA) is 47.3 Å². The number of rotatable bonds is 3. The van der Waals surface area contributed by atoms with Crippen LogP contribution in [0.4, 0.5) is 0 Å². The number of carbonyl (C=O) groups is 1. The highest BCUT2D eigenvalue weighted by molar-refractivity contribution is 9.10. The smallest absolute Gasteiger partial charge is 0.347 e. The summed E-state index contributed by atoms with van der Waals surface area (Å²) in [5.74, 6) is -0.379. The molecule has 22 heavy (non-hydrogen) atoms. The van der Waals surface area contributed by atoms with Crippen LogP contribution in [0.25, 0.3) is 17.0 Å². The standard InChI is InChI=1S/C18H11BrO3/c19-15-7-3-1-5-12(15)9-10-16(20)14-11-13-6-2-4-8-17(13)22-18(14)21/h1-11H/b10-9+. The van der Waals surface area contributed by atoms with Gasteiger partial charge in [-0.1, -0.05) is 52.3 Å². The van der Waals surface area contributed by atoms with Gasteiger partial charge in [-0.25, -0.2) is 4.79 Å². The van der Waals surface area contributed by atoms with Crippen LogP contribution in [0.15, 0.2) is 74.4 Å². The van der Waals surface area contributed by atoms with Gasteiger partial charge in [-0.05, 0) is 35.9 Å². The Morgan fingerprint density at radius 1 is 1.05 bits per heavy atom. The van der Waals surface area contributed by atoms with E-state index in [0.717, 1.165) is 15.4 Å². The molecule has 1 heterocycles. The zero-order chi connectivity index (χ0) is 15.5. The molecule has 3 nitrogen and oxygen atoms in total. The average Bonchev–Trinajstić information content (AvgIpc) is 2.53. The summed E-state index contributed by atoms with van der Waals surface area (Å²) < 4.78 is 6.05. The van der Waals surface area contributed by atoms with Crippen LogP contribution < -0.4 is 5.63 Å². The fourth-order valence-corrected chi connectivity index (χ4v) is 2.52. The minimum absolute atomic E-state index is 0.0296. The quantitative estimate of drug-likeness (QED) is 0.396. The highest BCUT2D eigenvalue weighted by Gasteiger charge is 2.11. The van der Waals surface area contributed by atoms with Crippen molar-refractivity contribution in [3.05, 3.63) is 86.7 Å². The van der Waals surface area contributed by atoms with Gasteiger partial charge in [-0.15, -0.1) is 0 Å². The van der Waals surface area contributed by atoms with Crippen molar-refractivity contribution in [2.45, 2.75) is 0 Å². The molecule has 1 aromatic heterocycles. The lowest BCUT2D eigenvalue weighted by Crippen LogP contribution is -2.11. The lowest BCUT2D eigenvalue weighted by Gasteiger charge is -1.99. The Morgan fingerprint density at radius 2 is 1.77 bits per heavy atom. The number of fused-ring (bicyclic) bond motifs is 1. The summed E-state index contributed by atoms with van der Waals surface area (Å²) in [7, 11) is 0. The second-order valence-electron chi connectivity index (χ2n) is 4.70. The van der Waals surface area contributed by atoms with Gasteiger partial charge in [0.15, 0.2) is 5.78 Å². The molecule has 0 fully saturated rings. The third-order valence-corrected chi connectivity index (χ3v) is 3.95. The maximum Gasteiger partial charge on any atom is 0.347 e. The Hall–Kier alpha value is -2.46. The summed E-state index contributed by atoms with van der Waals surface area (Å²) in [6, 6.07) is 16.2. The molecule has 0 saturated carbocycles. The van der Waals surface area contributed by atoms with Crippen molar-refractivity contribution in [3.8, 4) is 0 Å². The van der Waals surface area contributed by atoms with E-state index in [1.54, 1.807) is 30.3 Å². The van der Waals surface area contributed by atoms with E-state index in [1.165, 1.54) is 6.08 Å². The second-order valence-corrected chi connectivity index (χ2v) is 5.56. The molecule has 0 saturated heterocycles. The van der Waals surface area contributed by atoms with Crippen molar-refractivity contribution in [2.24, 2.45) is 0 Å². The molecule has 4 heteroatoms. The molecule has 0 aliphatic heterocycles. The maximum absolute atomic E-state index is 12.2. The molecule has 0 aliphatic carbocycles. The molecule has 0 bridgehead atoms. The third kappa shape index (κ3) is 2.92. The van der Waals surface area contributed by atoms with Gasteiger partial charge in [0.2, 0.25) is 0 Å². The first-order valence-corrected chi connectivity index (χ1v) is 7.44. The van der Waals surface area contributed by atoms with E-state index >= 15 is 0 Å².